The molecule has 1 atom stereocenters. The van der Waals surface area contributed by atoms with Gasteiger partial charge in [0.05, 0.1) is 29.5 Å². The average molecular weight is 471 g/mol. The van der Waals surface area contributed by atoms with Crippen LogP contribution in [0.1, 0.15) is 11.1 Å². The third kappa shape index (κ3) is 3.81. The first kappa shape index (κ1) is 22.1. The second-order valence-corrected chi connectivity index (χ2v) is 8.19. The van der Waals surface area contributed by atoms with E-state index < -0.39 is 24.0 Å². The Kier molecular flexibility index (Phi) is 5.16. The van der Waals surface area contributed by atoms with Gasteiger partial charge < -0.3 is 9.67 Å². The molecule has 4 nitrogen and oxygen atoms in total. The van der Waals surface area contributed by atoms with Crippen LogP contribution in [0, 0.1) is 5.82 Å². The summed E-state index contributed by atoms with van der Waals surface area (Å²) in [4.78, 5) is 0. The minimum atomic E-state index is -4.52. The molecule has 0 spiro atoms. The molecule has 5 rings (SSSR count). The van der Waals surface area contributed by atoms with Gasteiger partial charge in [0, 0.05) is 17.1 Å². The monoisotopic (exact) mass is 471 g/mol. The van der Waals surface area contributed by atoms with E-state index in [2.05, 4.69) is 5.10 Å². The molecule has 1 N–H and O–H groups in total. The summed E-state index contributed by atoms with van der Waals surface area (Å²) in [5.41, 5.74) is -1.01. The maximum atomic E-state index is 14.2. The molecule has 2 aromatic heterocycles. The highest BCUT2D eigenvalue weighted by Gasteiger charge is 2.33. The van der Waals surface area contributed by atoms with Crippen LogP contribution < -0.4 is 0 Å². The van der Waals surface area contributed by atoms with Gasteiger partial charge in [0.25, 0.3) is 0 Å². The minimum absolute atomic E-state index is 0.243. The Balaban J connectivity index is 1.52. The van der Waals surface area contributed by atoms with Crippen LogP contribution in [0.3, 0.4) is 0 Å². The summed E-state index contributed by atoms with van der Waals surface area (Å²) in [5, 5.41) is 16.6. The Hall–Kier alpha value is -3.72. The molecule has 0 amide bonds. The number of hydrogen-bond donors (Lipinski definition) is 1. The lowest BCUT2D eigenvalue weighted by molar-refractivity contribution is -0.137. The van der Waals surface area contributed by atoms with Crippen molar-refractivity contribution in [3.63, 3.8) is 0 Å². The summed E-state index contributed by atoms with van der Waals surface area (Å²) in [6, 6.07) is 15.5. The molecule has 174 valence electrons. The highest BCUT2D eigenvalue weighted by molar-refractivity contribution is 5.82. The number of halogens is 5. The quantitative estimate of drug-likeness (QED) is 0.320. The van der Waals surface area contributed by atoms with Gasteiger partial charge in [-0.05, 0) is 65.5 Å². The number of aliphatic hydroxyl groups is 1. The SMILES string of the molecule is OC(CF)(Cn1ccc2ccc(C(F)(F)F)cc21)c1ccc2c(cnn2-c2ccc(F)cc2)c1. The second kappa shape index (κ2) is 7.95. The first-order valence-corrected chi connectivity index (χ1v) is 10.4. The third-order valence-corrected chi connectivity index (χ3v) is 5.93. The van der Waals surface area contributed by atoms with Crippen molar-refractivity contribution in [2.75, 3.05) is 6.67 Å². The van der Waals surface area contributed by atoms with E-state index in [4.69, 9.17) is 0 Å². The Morgan fingerprint density at radius 3 is 2.26 bits per heavy atom. The van der Waals surface area contributed by atoms with Crippen molar-refractivity contribution in [3.05, 3.63) is 96.1 Å². The predicted octanol–water partition coefficient (Wildman–Crippen LogP) is 6.00. The van der Waals surface area contributed by atoms with Crippen molar-refractivity contribution in [3.8, 4) is 5.69 Å². The van der Waals surface area contributed by atoms with Crippen molar-refractivity contribution in [1.82, 2.24) is 14.3 Å². The summed E-state index contributed by atoms with van der Waals surface area (Å²) in [6.45, 7) is -1.44. The lowest BCUT2D eigenvalue weighted by Gasteiger charge is -2.27. The van der Waals surface area contributed by atoms with E-state index in [1.807, 2.05) is 0 Å². The van der Waals surface area contributed by atoms with E-state index in [0.29, 0.717) is 22.0 Å². The zero-order valence-corrected chi connectivity index (χ0v) is 17.6. The van der Waals surface area contributed by atoms with Crippen LogP contribution in [0.5, 0.6) is 0 Å². The van der Waals surface area contributed by atoms with Gasteiger partial charge >= 0.3 is 6.18 Å². The normalized spacial score (nSPS) is 14.1. The molecule has 0 bridgehead atoms. The molecule has 0 radical (unpaired) electrons. The van der Waals surface area contributed by atoms with Gasteiger partial charge in [0.1, 0.15) is 18.1 Å². The maximum absolute atomic E-state index is 14.2. The van der Waals surface area contributed by atoms with Crippen LogP contribution >= 0.6 is 0 Å². The highest BCUT2D eigenvalue weighted by Crippen LogP contribution is 2.34. The van der Waals surface area contributed by atoms with Crippen LogP contribution in [0.25, 0.3) is 27.5 Å². The van der Waals surface area contributed by atoms with Crippen LogP contribution in [0.2, 0.25) is 0 Å². The number of fused-ring (bicyclic) bond motifs is 2. The molecule has 0 saturated heterocycles. The van der Waals surface area contributed by atoms with Crippen molar-refractivity contribution in [1.29, 1.82) is 0 Å². The smallest absolute Gasteiger partial charge is 0.381 e. The summed E-state index contributed by atoms with van der Waals surface area (Å²) >= 11 is 0. The van der Waals surface area contributed by atoms with E-state index >= 15 is 0 Å². The van der Waals surface area contributed by atoms with E-state index in [0.717, 1.165) is 12.1 Å². The molecule has 2 heterocycles. The van der Waals surface area contributed by atoms with Gasteiger partial charge in [-0.2, -0.15) is 18.3 Å². The molecular weight excluding hydrogens is 453 g/mol. The fraction of sp³-hybridized carbons (Fsp3) is 0.160. The topological polar surface area (TPSA) is 43.0 Å². The van der Waals surface area contributed by atoms with Gasteiger partial charge in [-0.3, -0.25) is 0 Å². The maximum Gasteiger partial charge on any atom is 0.416 e. The fourth-order valence-electron chi connectivity index (χ4n) is 4.10. The Bertz CT molecular complexity index is 1490. The molecule has 34 heavy (non-hydrogen) atoms. The Morgan fingerprint density at radius 2 is 1.56 bits per heavy atom. The number of aromatic nitrogens is 3. The summed E-state index contributed by atoms with van der Waals surface area (Å²) in [7, 11) is 0. The first-order chi connectivity index (χ1) is 16.2. The van der Waals surface area contributed by atoms with Gasteiger partial charge in [0.15, 0.2) is 0 Å². The molecular formula is C25H18F5N3O. The average Bonchev–Trinajstić information content (AvgIpc) is 3.42. The van der Waals surface area contributed by atoms with E-state index in [9.17, 15) is 27.1 Å². The summed E-state index contributed by atoms with van der Waals surface area (Å²) in [6.07, 6.45) is -1.45. The molecule has 0 fully saturated rings. The largest absolute Gasteiger partial charge is 0.416 e. The van der Waals surface area contributed by atoms with Gasteiger partial charge in [-0.25, -0.2) is 13.5 Å². The minimum Gasteiger partial charge on any atom is -0.381 e. The number of benzene rings is 3. The lowest BCUT2D eigenvalue weighted by Crippen LogP contribution is -2.33. The fourth-order valence-corrected chi connectivity index (χ4v) is 4.10. The van der Waals surface area contributed by atoms with Crippen molar-refractivity contribution >= 4 is 21.8 Å². The molecule has 5 aromatic rings. The molecule has 1 unspecified atom stereocenters. The Morgan fingerprint density at radius 1 is 0.824 bits per heavy atom. The third-order valence-electron chi connectivity index (χ3n) is 5.93. The highest BCUT2D eigenvalue weighted by atomic mass is 19.4. The van der Waals surface area contributed by atoms with Crippen LogP contribution in [-0.2, 0) is 18.3 Å². The standard InChI is InChI=1S/C25H18F5N3O/c26-14-24(34,15-32-10-9-16-1-2-19(12-23(16)32)25(28,29)30)18-3-8-22-17(11-18)13-31-33(22)21-6-4-20(27)5-7-21/h1-13,34H,14-15H2. The lowest BCUT2D eigenvalue weighted by atomic mass is 9.94. The molecule has 9 heteroatoms. The second-order valence-electron chi connectivity index (χ2n) is 8.19. The van der Waals surface area contributed by atoms with E-state index in [-0.39, 0.29) is 23.4 Å². The number of rotatable bonds is 5. The molecule has 0 aliphatic heterocycles. The summed E-state index contributed by atoms with van der Waals surface area (Å²) in [5.74, 6) is -0.379. The molecule has 0 aliphatic carbocycles. The first-order valence-electron chi connectivity index (χ1n) is 10.4. The van der Waals surface area contributed by atoms with Crippen LogP contribution in [0.15, 0.2) is 79.1 Å². The van der Waals surface area contributed by atoms with Crippen molar-refractivity contribution in [2.24, 2.45) is 0 Å². The van der Waals surface area contributed by atoms with Gasteiger partial charge in [-0.15, -0.1) is 0 Å². The van der Waals surface area contributed by atoms with E-state index in [1.165, 1.54) is 29.0 Å². The van der Waals surface area contributed by atoms with Crippen molar-refractivity contribution in [2.45, 2.75) is 18.3 Å². The summed E-state index contributed by atoms with van der Waals surface area (Å²) < 4.78 is 70.0. The van der Waals surface area contributed by atoms with Gasteiger partial charge in [0.2, 0.25) is 0 Å². The van der Waals surface area contributed by atoms with Gasteiger partial charge in [-0.1, -0.05) is 12.1 Å². The zero-order valence-electron chi connectivity index (χ0n) is 17.6. The molecule has 3 aromatic carbocycles. The zero-order chi connectivity index (χ0) is 24.1. The number of nitrogens with zero attached hydrogens (tertiary/aromatic N) is 3. The number of hydrogen-bond acceptors (Lipinski definition) is 2. The number of alkyl halides is 4. The van der Waals surface area contributed by atoms with Crippen LogP contribution in [-0.4, -0.2) is 26.1 Å². The van der Waals surface area contributed by atoms with E-state index in [1.54, 1.807) is 47.3 Å². The molecule has 0 saturated carbocycles. The Labute approximate surface area is 190 Å². The van der Waals surface area contributed by atoms with Crippen LogP contribution in [0.4, 0.5) is 22.0 Å². The molecule has 0 aliphatic rings. The van der Waals surface area contributed by atoms with Crippen molar-refractivity contribution < 1.29 is 27.1 Å². The predicted molar refractivity (Wildman–Crippen MR) is 118 cm³/mol.